The lowest BCUT2D eigenvalue weighted by atomic mass is 10.1. The Bertz CT molecular complexity index is 510. The van der Waals surface area contributed by atoms with E-state index in [1.54, 1.807) is 31.4 Å². The molecule has 0 aliphatic carbocycles. The van der Waals surface area contributed by atoms with Gasteiger partial charge in [0, 0.05) is 7.11 Å². The summed E-state index contributed by atoms with van der Waals surface area (Å²) in [6, 6.07) is 8.91. The van der Waals surface area contributed by atoms with Crippen molar-refractivity contribution in [3.8, 4) is 5.75 Å². The highest BCUT2D eigenvalue weighted by molar-refractivity contribution is 9.10. The van der Waals surface area contributed by atoms with Crippen molar-refractivity contribution in [2.24, 2.45) is 0 Å². The molecule has 1 unspecified atom stereocenters. The number of hydrogen-bond acceptors (Lipinski definition) is 4. The van der Waals surface area contributed by atoms with Gasteiger partial charge in [-0.15, -0.1) is 0 Å². The zero-order chi connectivity index (χ0) is 13.7. The largest absolute Gasteiger partial charge is 0.490 e. The van der Waals surface area contributed by atoms with E-state index in [0.29, 0.717) is 24.7 Å². The minimum absolute atomic E-state index is 0.481. The molecule has 5 heteroatoms. The van der Waals surface area contributed by atoms with E-state index in [0.717, 1.165) is 10.0 Å². The number of aliphatic hydroxyl groups is 1. The minimum Gasteiger partial charge on any atom is -0.490 e. The fraction of sp³-hybridized carbons (Fsp3) is 0.286. The van der Waals surface area contributed by atoms with E-state index in [9.17, 15) is 5.11 Å². The first kappa shape index (κ1) is 14.1. The van der Waals surface area contributed by atoms with E-state index >= 15 is 0 Å². The monoisotopic (exact) mass is 326 g/mol. The van der Waals surface area contributed by atoms with Crippen LogP contribution in [-0.4, -0.2) is 25.4 Å². The van der Waals surface area contributed by atoms with Crippen molar-refractivity contribution in [1.29, 1.82) is 0 Å². The quantitative estimate of drug-likeness (QED) is 0.828. The first-order chi connectivity index (χ1) is 9.22. The van der Waals surface area contributed by atoms with E-state index in [4.69, 9.17) is 13.9 Å². The lowest BCUT2D eigenvalue weighted by molar-refractivity contribution is 0.146. The Morgan fingerprint density at radius 1 is 1.32 bits per heavy atom. The second-order valence-electron chi connectivity index (χ2n) is 3.95. The normalized spacial score (nSPS) is 12.4. The second-order valence-corrected chi connectivity index (χ2v) is 4.80. The molecule has 0 fully saturated rings. The molecule has 102 valence electrons. The molecule has 0 radical (unpaired) electrons. The van der Waals surface area contributed by atoms with Crippen LogP contribution >= 0.6 is 15.9 Å². The Kier molecular flexibility index (Phi) is 5.01. The molecule has 4 nitrogen and oxygen atoms in total. The summed E-state index contributed by atoms with van der Waals surface area (Å²) < 4.78 is 16.4. The molecule has 1 aromatic heterocycles. The van der Waals surface area contributed by atoms with Gasteiger partial charge in [-0.05, 0) is 45.8 Å². The first-order valence-electron chi connectivity index (χ1n) is 5.85. The maximum absolute atomic E-state index is 10.1. The maximum atomic E-state index is 10.1. The molecule has 2 rings (SSSR count). The number of ether oxygens (including phenoxy) is 2. The lowest BCUT2D eigenvalue weighted by Crippen LogP contribution is -2.05. The van der Waals surface area contributed by atoms with Crippen molar-refractivity contribution >= 4 is 15.9 Å². The molecule has 0 bridgehead atoms. The summed E-state index contributed by atoms with van der Waals surface area (Å²) in [6.07, 6.45) is 0.759. The number of aliphatic hydroxyl groups excluding tert-OH is 1. The number of benzene rings is 1. The Labute approximate surface area is 120 Å². The molecule has 0 saturated carbocycles. The van der Waals surface area contributed by atoms with Crippen molar-refractivity contribution < 1.29 is 19.0 Å². The zero-order valence-corrected chi connectivity index (χ0v) is 12.1. The van der Waals surface area contributed by atoms with Crippen LogP contribution in [0.1, 0.15) is 17.4 Å². The predicted octanol–water partition coefficient (Wildman–Crippen LogP) is 3.15. The summed E-state index contributed by atoms with van der Waals surface area (Å²) in [4.78, 5) is 0. The highest BCUT2D eigenvalue weighted by atomic mass is 79.9. The van der Waals surface area contributed by atoms with Crippen LogP contribution in [0.2, 0.25) is 0 Å². The average molecular weight is 327 g/mol. The molecular weight excluding hydrogens is 312 g/mol. The van der Waals surface area contributed by atoms with E-state index in [1.165, 1.54) is 6.26 Å². The molecule has 1 aromatic carbocycles. The van der Waals surface area contributed by atoms with Crippen LogP contribution in [0.4, 0.5) is 0 Å². The van der Waals surface area contributed by atoms with Crippen molar-refractivity contribution in [3.63, 3.8) is 0 Å². The van der Waals surface area contributed by atoms with Gasteiger partial charge in [0.15, 0.2) is 0 Å². The van der Waals surface area contributed by atoms with Gasteiger partial charge in [0.25, 0.3) is 0 Å². The predicted molar refractivity (Wildman–Crippen MR) is 74.3 cm³/mol. The van der Waals surface area contributed by atoms with Crippen molar-refractivity contribution in [1.82, 2.24) is 0 Å². The van der Waals surface area contributed by atoms with Crippen LogP contribution in [0, 0.1) is 0 Å². The number of hydrogen-bond donors (Lipinski definition) is 1. The van der Waals surface area contributed by atoms with Gasteiger partial charge in [0.1, 0.15) is 24.2 Å². The van der Waals surface area contributed by atoms with Gasteiger partial charge in [0.2, 0.25) is 0 Å². The van der Waals surface area contributed by atoms with Crippen molar-refractivity contribution in [2.75, 3.05) is 20.3 Å². The standard InChI is InChI=1S/C14H15BrO4/c1-17-7-8-19-12-5-4-10(9-11(12)15)14(16)13-3-2-6-18-13/h2-6,9,14,16H,7-8H2,1H3. The smallest absolute Gasteiger partial charge is 0.137 e. The van der Waals surface area contributed by atoms with Gasteiger partial charge >= 0.3 is 0 Å². The van der Waals surface area contributed by atoms with Crippen LogP contribution in [-0.2, 0) is 4.74 Å². The van der Waals surface area contributed by atoms with Gasteiger partial charge in [-0.2, -0.15) is 0 Å². The summed E-state index contributed by atoms with van der Waals surface area (Å²) in [5.74, 6) is 1.23. The van der Waals surface area contributed by atoms with Crippen LogP contribution in [0.15, 0.2) is 45.5 Å². The van der Waals surface area contributed by atoms with Crippen molar-refractivity contribution in [2.45, 2.75) is 6.10 Å². The van der Waals surface area contributed by atoms with E-state index in [-0.39, 0.29) is 0 Å². The van der Waals surface area contributed by atoms with E-state index < -0.39 is 6.10 Å². The fourth-order valence-corrected chi connectivity index (χ4v) is 2.16. The molecule has 19 heavy (non-hydrogen) atoms. The summed E-state index contributed by atoms with van der Waals surface area (Å²) in [6.45, 7) is 1.01. The summed E-state index contributed by atoms with van der Waals surface area (Å²) in [7, 11) is 1.63. The van der Waals surface area contributed by atoms with Crippen LogP contribution < -0.4 is 4.74 Å². The third kappa shape index (κ3) is 3.59. The number of furan rings is 1. The minimum atomic E-state index is -0.778. The molecule has 0 spiro atoms. The van der Waals surface area contributed by atoms with Gasteiger partial charge in [-0.25, -0.2) is 0 Å². The van der Waals surface area contributed by atoms with E-state index in [1.807, 2.05) is 6.07 Å². The molecule has 0 amide bonds. The average Bonchev–Trinajstić information content (AvgIpc) is 2.94. The second kappa shape index (κ2) is 6.75. The number of halogens is 1. The highest BCUT2D eigenvalue weighted by Gasteiger charge is 2.14. The third-order valence-electron chi connectivity index (χ3n) is 2.63. The Balaban J connectivity index is 2.10. The van der Waals surface area contributed by atoms with Gasteiger partial charge < -0.3 is 19.0 Å². The Morgan fingerprint density at radius 2 is 2.16 bits per heavy atom. The molecule has 1 N–H and O–H groups in total. The fourth-order valence-electron chi connectivity index (χ4n) is 1.65. The van der Waals surface area contributed by atoms with Crippen LogP contribution in [0.3, 0.4) is 0 Å². The number of methoxy groups -OCH3 is 1. The Hall–Kier alpha value is -1.30. The molecule has 0 aliphatic rings. The molecule has 1 heterocycles. The maximum Gasteiger partial charge on any atom is 0.137 e. The zero-order valence-electron chi connectivity index (χ0n) is 10.5. The highest BCUT2D eigenvalue weighted by Crippen LogP contribution is 2.30. The van der Waals surface area contributed by atoms with Gasteiger partial charge in [-0.1, -0.05) is 6.07 Å². The third-order valence-corrected chi connectivity index (χ3v) is 3.25. The Morgan fingerprint density at radius 3 is 2.79 bits per heavy atom. The summed E-state index contributed by atoms with van der Waals surface area (Å²) in [5, 5.41) is 10.1. The van der Waals surface area contributed by atoms with Gasteiger partial charge in [-0.3, -0.25) is 0 Å². The summed E-state index contributed by atoms with van der Waals surface area (Å²) >= 11 is 3.42. The molecule has 2 aromatic rings. The molecule has 1 atom stereocenters. The first-order valence-corrected chi connectivity index (χ1v) is 6.64. The van der Waals surface area contributed by atoms with Gasteiger partial charge in [0.05, 0.1) is 17.3 Å². The molecule has 0 saturated heterocycles. The summed E-state index contributed by atoms with van der Waals surface area (Å²) in [5.41, 5.74) is 0.737. The molecular formula is C14H15BrO4. The number of rotatable bonds is 6. The SMILES string of the molecule is COCCOc1ccc(C(O)c2ccco2)cc1Br. The molecule has 0 aliphatic heterocycles. The van der Waals surface area contributed by atoms with Crippen molar-refractivity contribution in [3.05, 3.63) is 52.4 Å². The van der Waals surface area contributed by atoms with Crippen LogP contribution in [0.5, 0.6) is 5.75 Å². The van der Waals surface area contributed by atoms with E-state index in [2.05, 4.69) is 15.9 Å². The topological polar surface area (TPSA) is 51.8 Å². The lowest BCUT2D eigenvalue weighted by Gasteiger charge is -2.12. The van der Waals surface area contributed by atoms with Crippen LogP contribution in [0.25, 0.3) is 0 Å².